The van der Waals surface area contributed by atoms with Gasteiger partial charge in [0.2, 0.25) is 0 Å². The zero-order chi connectivity index (χ0) is 53.7. The zero-order valence-corrected chi connectivity index (χ0v) is 45.2. The number of aromatic nitrogens is 3. The third-order valence-electron chi connectivity index (χ3n) is 17.6. The molecule has 0 spiro atoms. The molecule has 0 amide bonds. The first kappa shape index (κ1) is 45.9. The van der Waals surface area contributed by atoms with Crippen LogP contribution in [0.4, 0.5) is 0 Å². The second kappa shape index (κ2) is 17.2. The molecule has 12 aromatic carbocycles. The van der Waals surface area contributed by atoms with Crippen LogP contribution in [0.25, 0.3) is 127 Å². The fourth-order valence-electron chi connectivity index (χ4n) is 14.0. The minimum atomic E-state index is -0.219. The Morgan fingerprint density at radius 1 is 0.333 bits per heavy atom. The van der Waals surface area contributed by atoms with E-state index in [1.165, 1.54) is 93.1 Å². The number of hydrogen-bond donors (Lipinski definition) is 0. The van der Waals surface area contributed by atoms with Gasteiger partial charge in [-0.25, -0.2) is 0 Å². The van der Waals surface area contributed by atoms with Gasteiger partial charge in [0, 0.05) is 60.5 Å². The highest BCUT2D eigenvalue weighted by Gasteiger charge is 2.43. The van der Waals surface area contributed by atoms with Gasteiger partial charge >= 0.3 is 0 Å². The molecule has 3 aromatic heterocycles. The first-order valence-electron chi connectivity index (χ1n) is 28.3. The van der Waals surface area contributed by atoms with Crippen LogP contribution in [-0.2, 0) is 5.41 Å². The Morgan fingerprint density at radius 2 is 0.802 bits per heavy atom. The molecule has 17 rings (SSSR count). The molecule has 0 radical (unpaired) electrons. The lowest BCUT2D eigenvalue weighted by Crippen LogP contribution is -2.58. The summed E-state index contributed by atoms with van der Waals surface area (Å²) < 4.78 is 15.3. The van der Waals surface area contributed by atoms with Crippen molar-refractivity contribution in [1.82, 2.24) is 13.7 Å². The van der Waals surface area contributed by atoms with Crippen LogP contribution < -0.4 is 21.1 Å². The van der Waals surface area contributed by atoms with E-state index in [1.54, 1.807) is 0 Å². The zero-order valence-electron chi connectivity index (χ0n) is 45.2. The van der Waals surface area contributed by atoms with Crippen molar-refractivity contribution >= 4 is 88.5 Å². The van der Waals surface area contributed by atoms with Gasteiger partial charge in [-0.1, -0.05) is 209 Å². The van der Waals surface area contributed by atoms with Crippen molar-refractivity contribution in [3.8, 4) is 73.1 Å². The first-order chi connectivity index (χ1) is 39.8. The lowest BCUT2D eigenvalue weighted by molar-refractivity contribution is 0.484. The summed E-state index contributed by atoms with van der Waals surface area (Å²) in [5, 5.41) is 7.38. The second-order valence-corrected chi connectivity index (χ2v) is 23.2. The number of benzene rings is 12. The summed E-state index contributed by atoms with van der Waals surface area (Å²) in [6, 6.07) is 96.8. The van der Waals surface area contributed by atoms with Crippen molar-refractivity contribution in [2.24, 2.45) is 0 Å². The maximum absolute atomic E-state index is 7.79. The predicted molar refractivity (Wildman–Crippen MR) is 341 cm³/mol. The molecule has 0 saturated carbocycles. The summed E-state index contributed by atoms with van der Waals surface area (Å²) in [5.74, 6) is 1.79. The largest absolute Gasteiger partial charge is 0.458 e. The highest BCUT2D eigenvalue weighted by molar-refractivity contribution is 6.99. The van der Waals surface area contributed by atoms with Gasteiger partial charge in [-0.3, -0.25) is 0 Å². The summed E-state index contributed by atoms with van der Waals surface area (Å²) in [6.45, 7) is 6.75. The molecule has 0 bridgehead atoms. The lowest BCUT2D eigenvalue weighted by Gasteiger charge is -2.36. The Morgan fingerprint density at radius 3 is 1.37 bits per heavy atom. The maximum atomic E-state index is 7.79. The second-order valence-electron chi connectivity index (χ2n) is 23.2. The Bertz CT molecular complexity index is 5020. The third-order valence-corrected chi connectivity index (χ3v) is 17.6. The Balaban J connectivity index is 1.03. The minimum Gasteiger partial charge on any atom is -0.458 e. The van der Waals surface area contributed by atoms with Crippen LogP contribution in [0, 0.1) is 0 Å². The van der Waals surface area contributed by atoms with Crippen molar-refractivity contribution in [2.75, 3.05) is 0 Å². The van der Waals surface area contributed by atoms with E-state index >= 15 is 0 Å². The molecule has 5 heteroatoms. The van der Waals surface area contributed by atoms with E-state index in [9.17, 15) is 0 Å². The normalized spacial score (nSPS) is 12.7. The number of para-hydroxylation sites is 4. The van der Waals surface area contributed by atoms with E-state index in [0.717, 1.165) is 67.4 Å². The fourth-order valence-corrected chi connectivity index (χ4v) is 14.0. The van der Waals surface area contributed by atoms with Crippen molar-refractivity contribution in [1.29, 1.82) is 0 Å². The molecule has 0 saturated heterocycles. The molecule has 2 aliphatic rings. The summed E-state index contributed by atoms with van der Waals surface area (Å²) in [4.78, 5) is 0. The molecule has 0 aliphatic carbocycles. The van der Waals surface area contributed by atoms with Crippen LogP contribution in [0.2, 0.25) is 0 Å². The van der Waals surface area contributed by atoms with Crippen LogP contribution in [-0.4, -0.2) is 20.4 Å². The van der Waals surface area contributed by atoms with E-state index in [-0.39, 0.29) is 12.1 Å². The highest BCUT2D eigenvalue weighted by Crippen LogP contribution is 2.48. The maximum Gasteiger partial charge on any atom is 0.256 e. The summed E-state index contributed by atoms with van der Waals surface area (Å²) >= 11 is 0. The number of nitrogens with zero attached hydrogens (tertiary/aromatic N) is 3. The van der Waals surface area contributed by atoms with Crippen molar-refractivity contribution < 1.29 is 4.74 Å². The third kappa shape index (κ3) is 6.73. The van der Waals surface area contributed by atoms with Gasteiger partial charge in [0.05, 0.1) is 27.6 Å². The number of hydrogen-bond acceptors (Lipinski definition) is 1. The molecule has 0 atom stereocenters. The van der Waals surface area contributed by atoms with E-state index in [1.807, 2.05) is 0 Å². The van der Waals surface area contributed by atoms with E-state index < -0.39 is 0 Å². The number of ether oxygens (including phenoxy) is 1. The Labute approximate surface area is 470 Å². The SMILES string of the molecule is CC(C)(C)c1cc2c3c(c1)-n1c4ccc(-n5c6ccccc6c6ccccc65)cc4c4cc(-n5c6ccccc6c6ccccc65)cc(c41)B3c1cc(-c3ccccc3-c3ccccc3)cc(-c3ccccc3-c3ccccc3)c1O2. The molecule has 380 valence electrons. The van der Waals surface area contributed by atoms with Gasteiger partial charge < -0.3 is 18.4 Å². The molecule has 0 unspecified atom stereocenters. The van der Waals surface area contributed by atoms with Gasteiger partial charge in [-0.2, -0.15) is 0 Å². The van der Waals surface area contributed by atoms with Crippen molar-refractivity contribution in [3.63, 3.8) is 0 Å². The quantitative estimate of drug-likeness (QED) is 0.152. The summed E-state index contributed by atoms with van der Waals surface area (Å²) in [7, 11) is 0. The minimum absolute atomic E-state index is 0.190. The number of fused-ring (bicyclic) bond motifs is 13. The van der Waals surface area contributed by atoms with Gasteiger partial charge in [0.25, 0.3) is 6.71 Å². The summed E-state index contributed by atoms with van der Waals surface area (Å²) in [5.41, 5.74) is 24.3. The summed E-state index contributed by atoms with van der Waals surface area (Å²) in [6.07, 6.45) is 0. The fraction of sp³-hybridized carbons (Fsp3) is 0.0526. The molecule has 5 heterocycles. The molecular weight excluding hydrogens is 982 g/mol. The highest BCUT2D eigenvalue weighted by atomic mass is 16.5. The molecule has 0 N–H and O–H groups in total. The molecule has 15 aromatic rings. The average Bonchev–Trinajstić information content (AvgIpc) is 3.80. The van der Waals surface area contributed by atoms with E-state index in [4.69, 9.17) is 4.74 Å². The predicted octanol–water partition coefficient (Wildman–Crippen LogP) is 17.9. The first-order valence-corrected chi connectivity index (χ1v) is 28.3. The molecule has 81 heavy (non-hydrogen) atoms. The van der Waals surface area contributed by atoms with Crippen LogP contribution in [0.1, 0.15) is 26.3 Å². The van der Waals surface area contributed by atoms with Crippen LogP contribution in [0.5, 0.6) is 11.5 Å². The van der Waals surface area contributed by atoms with Crippen LogP contribution >= 0.6 is 0 Å². The molecule has 0 fully saturated rings. The Kier molecular flexibility index (Phi) is 9.74. The van der Waals surface area contributed by atoms with Gasteiger partial charge in [-0.15, -0.1) is 0 Å². The number of rotatable bonds is 6. The lowest BCUT2D eigenvalue weighted by atomic mass is 9.34. The standard InChI is InChI=1S/C76H52BN3O/c1-76(2,3)50-42-71-73-72(43-50)81-75-63(56-29-13-12-27-54(56)48-24-8-5-9-25-48)40-49(55-28-11-10-26-53(55)47-22-6-4-7-23-47)41-65(75)77(73)64-46-52(79-68-36-20-16-32-59(68)60-33-17-21-37-69(60)79)45-62-61-44-51(38-39-70(61)80(71)74(62)64)78-66-34-18-14-30-57(66)58-31-15-19-35-67(58)78/h4-46H,1-3H3. The van der Waals surface area contributed by atoms with Gasteiger partial charge in [0.1, 0.15) is 11.5 Å². The Hall–Kier alpha value is -10.1. The van der Waals surface area contributed by atoms with E-state index in [0.29, 0.717) is 0 Å². The van der Waals surface area contributed by atoms with E-state index in [2.05, 4.69) is 295 Å². The topological polar surface area (TPSA) is 24.0 Å². The van der Waals surface area contributed by atoms with Crippen molar-refractivity contribution in [3.05, 3.63) is 266 Å². The van der Waals surface area contributed by atoms with Crippen LogP contribution in [0.3, 0.4) is 0 Å². The molecule has 4 nitrogen and oxygen atoms in total. The monoisotopic (exact) mass is 1030 g/mol. The van der Waals surface area contributed by atoms with Crippen molar-refractivity contribution in [2.45, 2.75) is 26.2 Å². The van der Waals surface area contributed by atoms with Gasteiger partial charge in [-0.05, 0) is 139 Å². The molecular formula is C76H52BN3O. The smallest absolute Gasteiger partial charge is 0.256 e. The average molecular weight is 1030 g/mol. The molecule has 2 aliphatic heterocycles. The van der Waals surface area contributed by atoms with Gasteiger partial charge in [0.15, 0.2) is 0 Å². The van der Waals surface area contributed by atoms with Crippen LogP contribution in [0.15, 0.2) is 261 Å².